The molecule has 0 amide bonds. The van der Waals surface area contributed by atoms with E-state index in [1.165, 1.54) is 51.6 Å². The molecule has 0 aliphatic rings. The Balaban J connectivity index is 3.49. The summed E-state index contributed by atoms with van der Waals surface area (Å²) >= 11 is 0. The van der Waals surface area contributed by atoms with Crippen LogP contribution in [-0.2, 0) is 0 Å². The molecule has 0 aromatic heterocycles. The standard InChI is InChI=1S/C13H27N/c1-4-7-9-12-14(11-6-3)13-10-8-5-2/h6H,3-5,7-13H2,1-2H3. The van der Waals surface area contributed by atoms with Crippen LogP contribution in [0.25, 0.3) is 0 Å². The molecule has 0 aromatic rings. The highest BCUT2D eigenvalue weighted by Gasteiger charge is 2.01. The molecule has 0 saturated heterocycles. The van der Waals surface area contributed by atoms with Gasteiger partial charge in [-0.25, -0.2) is 0 Å². The van der Waals surface area contributed by atoms with Gasteiger partial charge in [-0.15, -0.1) is 6.58 Å². The van der Waals surface area contributed by atoms with Crippen LogP contribution in [0.5, 0.6) is 0 Å². The number of rotatable bonds is 10. The zero-order chi connectivity index (χ0) is 10.6. The van der Waals surface area contributed by atoms with Crippen LogP contribution in [0.4, 0.5) is 0 Å². The highest BCUT2D eigenvalue weighted by molar-refractivity contribution is 4.73. The zero-order valence-corrected chi connectivity index (χ0v) is 10.1. The van der Waals surface area contributed by atoms with Gasteiger partial charge in [0, 0.05) is 6.54 Å². The summed E-state index contributed by atoms with van der Waals surface area (Å²) in [7, 11) is 0. The van der Waals surface area contributed by atoms with Crippen molar-refractivity contribution < 1.29 is 0 Å². The van der Waals surface area contributed by atoms with Gasteiger partial charge in [-0.3, -0.25) is 4.90 Å². The van der Waals surface area contributed by atoms with Crippen molar-refractivity contribution in [2.45, 2.75) is 52.4 Å². The Hall–Kier alpha value is -0.300. The third kappa shape index (κ3) is 8.31. The molecular weight excluding hydrogens is 170 g/mol. The highest BCUT2D eigenvalue weighted by Crippen LogP contribution is 2.02. The second kappa shape index (κ2) is 10.8. The molecule has 84 valence electrons. The Morgan fingerprint density at radius 3 is 1.79 bits per heavy atom. The first-order valence-corrected chi connectivity index (χ1v) is 6.18. The second-order valence-corrected chi connectivity index (χ2v) is 4.00. The summed E-state index contributed by atoms with van der Waals surface area (Å²) in [5, 5.41) is 0. The molecule has 0 aliphatic heterocycles. The fourth-order valence-electron chi connectivity index (χ4n) is 1.65. The summed E-state index contributed by atoms with van der Waals surface area (Å²) in [4.78, 5) is 2.53. The highest BCUT2D eigenvalue weighted by atomic mass is 15.1. The van der Waals surface area contributed by atoms with E-state index < -0.39 is 0 Å². The van der Waals surface area contributed by atoms with Crippen molar-refractivity contribution >= 4 is 0 Å². The predicted molar refractivity (Wildman–Crippen MR) is 65.7 cm³/mol. The van der Waals surface area contributed by atoms with Crippen LogP contribution in [-0.4, -0.2) is 24.5 Å². The van der Waals surface area contributed by atoms with Crippen molar-refractivity contribution in [3.8, 4) is 0 Å². The number of hydrogen-bond donors (Lipinski definition) is 0. The molecule has 0 aromatic carbocycles. The van der Waals surface area contributed by atoms with Crippen molar-refractivity contribution in [3.05, 3.63) is 12.7 Å². The van der Waals surface area contributed by atoms with E-state index in [1.54, 1.807) is 0 Å². The molecule has 0 heterocycles. The van der Waals surface area contributed by atoms with E-state index in [1.807, 2.05) is 6.08 Å². The monoisotopic (exact) mass is 197 g/mol. The van der Waals surface area contributed by atoms with Gasteiger partial charge in [-0.05, 0) is 25.9 Å². The molecular formula is C13H27N. The summed E-state index contributed by atoms with van der Waals surface area (Å²) < 4.78 is 0. The van der Waals surface area contributed by atoms with Crippen molar-refractivity contribution in [1.29, 1.82) is 0 Å². The Morgan fingerprint density at radius 2 is 1.43 bits per heavy atom. The van der Waals surface area contributed by atoms with Gasteiger partial charge in [0.05, 0.1) is 0 Å². The smallest absolute Gasteiger partial charge is 0.0160 e. The summed E-state index contributed by atoms with van der Waals surface area (Å²) in [5.41, 5.74) is 0. The van der Waals surface area contributed by atoms with E-state index in [0.717, 1.165) is 6.54 Å². The zero-order valence-electron chi connectivity index (χ0n) is 10.1. The number of hydrogen-bond acceptors (Lipinski definition) is 1. The van der Waals surface area contributed by atoms with Gasteiger partial charge in [0.2, 0.25) is 0 Å². The van der Waals surface area contributed by atoms with Crippen molar-refractivity contribution in [3.63, 3.8) is 0 Å². The lowest BCUT2D eigenvalue weighted by atomic mass is 10.2. The van der Waals surface area contributed by atoms with Gasteiger partial charge in [-0.1, -0.05) is 45.6 Å². The lowest BCUT2D eigenvalue weighted by Gasteiger charge is -2.20. The predicted octanol–water partition coefficient (Wildman–Crippen LogP) is 3.85. The second-order valence-electron chi connectivity index (χ2n) is 4.00. The molecule has 0 spiro atoms. The first kappa shape index (κ1) is 13.7. The SMILES string of the molecule is C=CCN(CCCCC)CCCCC. The lowest BCUT2D eigenvalue weighted by molar-refractivity contribution is 0.288. The Bertz CT molecular complexity index is 110. The third-order valence-electron chi connectivity index (χ3n) is 2.54. The summed E-state index contributed by atoms with van der Waals surface area (Å²) in [6.45, 7) is 11.9. The first-order valence-electron chi connectivity index (χ1n) is 6.18. The largest absolute Gasteiger partial charge is 0.300 e. The molecule has 0 bridgehead atoms. The maximum Gasteiger partial charge on any atom is 0.0160 e. The van der Waals surface area contributed by atoms with Crippen LogP contribution in [0.2, 0.25) is 0 Å². The van der Waals surface area contributed by atoms with Gasteiger partial charge < -0.3 is 0 Å². The maximum absolute atomic E-state index is 3.82. The lowest BCUT2D eigenvalue weighted by Crippen LogP contribution is -2.26. The maximum atomic E-state index is 3.82. The van der Waals surface area contributed by atoms with Crippen molar-refractivity contribution in [1.82, 2.24) is 4.90 Å². The minimum absolute atomic E-state index is 1.06. The Labute approximate surface area is 90.2 Å². The topological polar surface area (TPSA) is 3.24 Å². The fourth-order valence-corrected chi connectivity index (χ4v) is 1.65. The van der Waals surface area contributed by atoms with Crippen LogP contribution in [0, 0.1) is 0 Å². The van der Waals surface area contributed by atoms with E-state index in [2.05, 4.69) is 25.3 Å². The van der Waals surface area contributed by atoms with E-state index in [-0.39, 0.29) is 0 Å². The fraction of sp³-hybridized carbons (Fsp3) is 0.846. The van der Waals surface area contributed by atoms with Crippen LogP contribution < -0.4 is 0 Å². The van der Waals surface area contributed by atoms with E-state index in [4.69, 9.17) is 0 Å². The molecule has 1 heteroatoms. The van der Waals surface area contributed by atoms with Crippen molar-refractivity contribution in [2.24, 2.45) is 0 Å². The Kier molecular flexibility index (Phi) is 10.5. The molecule has 0 unspecified atom stereocenters. The van der Waals surface area contributed by atoms with Gasteiger partial charge in [0.1, 0.15) is 0 Å². The normalized spacial score (nSPS) is 10.8. The van der Waals surface area contributed by atoms with E-state index >= 15 is 0 Å². The van der Waals surface area contributed by atoms with Crippen molar-refractivity contribution in [2.75, 3.05) is 19.6 Å². The van der Waals surface area contributed by atoms with Crippen LogP contribution >= 0.6 is 0 Å². The minimum Gasteiger partial charge on any atom is -0.300 e. The molecule has 0 fully saturated rings. The average Bonchev–Trinajstić information content (AvgIpc) is 2.18. The minimum atomic E-state index is 1.06. The summed E-state index contributed by atoms with van der Waals surface area (Å²) in [6, 6.07) is 0. The van der Waals surface area contributed by atoms with Gasteiger partial charge in [0.15, 0.2) is 0 Å². The van der Waals surface area contributed by atoms with E-state index in [0.29, 0.717) is 0 Å². The quantitative estimate of drug-likeness (QED) is 0.380. The third-order valence-corrected chi connectivity index (χ3v) is 2.54. The molecule has 1 nitrogen and oxygen atoms in total. The number of nitrogens with zero attached hydrogens (tertiary/aromatic N) is 1. The van der Waals surface area contributed by atoms with Crippen LogP contribution in [0.3, 0.4) is 0 Å². The summed E-state index contributed by atoms with van der Waals surface area (Å²) in [5.74, 6) is 0. The van der Waals surface area contributed by atoms with Crippen LogP contribution in [0.15, 0.2) is 12.7 Å². The Morgan fingerprint density at radius 1 is 0.929 bits per heavy atom. The molecule has 14 heavy (non-hydrogen) atoms. The number of unbranched alkanes of at least 4 members (excludes halogenated alkanes) is 4. The molecule has 0 aliphatic carbocycles. The summed E-state index contributed by atoms with van der Waals surface area (Å²) in [6.07, 6.45) is 10.1. The average molecular weight is 197 g/mol. The van der Waals surface area contributed by atoms with Gasteiger partial charge in [-0.2, -0.15) is 0 Å². The molecule has 0 atom stereocenters. The van der Waals surface area contributed by atoms with E-state index in [9.17, 15) is 0 Å². The van der Waals surface area contributed by atoms with Crippen LogP contribution in [0.1, 0.15) is 52.4 Å². The van der Waals surface area contributed by atoms with Gasteiger partial charge in [0.25, 0.3) is 0 Å². The molecule has 0 rings (SSSR count). The van der Waals surface area contributed by atoms with Gasteiger partial charge >= 0.3 is 0 Å². The molecule has 0 saturated carbocycles. The molecule has 0 radical (unpaired) electrons. The molecule has 0 N–H and O–H groups in total. The first-order chi connectivity index (χ1) is 6.85.